The quantitative estimate of drug-likeness (QED) is 0.697. The van der Waals surface area contributed by atoms with Crippen LogP contribution < -0.4 is 10.1 Å². The van der Waals surface area contributed by atoms with E-state index in [9.17, 15) is 14.4 Å². The van der Waals surface area contributed by atoms with Gasteiger partial charge in [-0.2, -0.15) is 0 Å². The maximum Gasteiger partial charge on any atom is 0.321 e. The van der Waals surface area contributed by atoms with Gasteiger partial charge in [-0.05, 0) is 70.0 Å². The lowest BCUT2D eigenvalue weighted by Gasteiger charge is -2.32. The predicted octanol–water partition coefficient (Wildman–Crippen LogP) is 4.80. The van der Waals surface area contributed by atoms with E-state index < -0.39 is 0 Å². The Kier molecular flexibility index (Phi) is 6.87. The summed E-state index contributed by atoms with van der Waals surface area (Å²) < 4.78 is 5.69. The number of Topliss-reactive ketones (excluding diaryl/α,β-unsaturated/α-hetero) is 2. The van der Waals surface area contributed by atoms with Crippen molar-refractivity contribution in [1.82, 2.24) is 4.90 Å². The van der Waals surface area contributed by atoms with E-state index in [1.54, 1.807) is 41.3 Å². The van der Waals surface area contributed by atoms with Crippen LogP contribution in [0.2, 0.25) is 0 Å². The number of carbonyl (C=O) groups excluding carboxylic acids is 3. The Bertz CT molecular complexity index is 921. The highest BCUT2D eigenvalue weighted by molar-refractivity contribution is 5.99. The number of ether oxygens (including phenoxy) is 1. The molecule has 30 heavy (non-hydrogen) atoms. The molecule has 158 valence electrons. The smallest absolute Gasteiger partial charge is 0.321 e. The minimum atomic E-state index is -0.237. The van der Waals surface area contributed by atoms with Crippen molar-refractivity contribution in [3.63, 3.8) is 0 Å². The third kappa shape index (κ3) is 5.47. The molecule has 1 N–H and O–H groups in total. The molecule has 0 aliphatic carbocycles. The summed E-state index contributed by atoms with van der Waals surface area (Å²) in [5.41, 5.74) is 1.83. The Morgan fingerprint density at radius 3 is 2.47 bits per heavy atom. The summed E-state index contributed by atoms with van der Waals surface area (Å²) in [5, 5.41) is 2.85. The number of anilines is 1. The number of nitrogens with one attached hydrogen (secondary N) is 1. The molecule has 1 fully saturated rings. The molecule has 0 unspecified atom stereocenters. The van der Waals surface area contributed by atoms with Crippen LogP contribution in [0.5, 0.6) is 5.75 Å². The SMILES string of the molecule is CC(=O)c1ccc(NC(=O)N2CCC[C@H](C(=O)c3cccc(OC(C)C)c3)C2)cc1. The van der Waals surface area contributed by atoms with Crippen molar-refractivity contribution < 1.29 is 19.1 Å². The number of amides is 2. The Morgan fingerprint density at radius 1 is 1.07 bits per heavy atom. The normalized spacial score (nSPS) is 16.3. The first-order valence-corrected chi connectivity index (χ1v) is 10.3. The molecule has 0 spiro atoms. The number of rotatable bonds is 6. The van der Waals surface area contributed by atoms with Gasteiger partial charge in [0, 0.05) is 35.8 Å². The van der Waals surface area contributed by atoms with E-state index >= 15 is 0 Å². The number of benzene rings is 2. The van der Waals surface area contributed by atoms with Gasteiger partial charge >= 0.3 is 6.03 Å². The zero-order valence-corrected chi connectivity index (χ0v) is 17.7. The van der Waals surface area contributed by atoms with Gasteiger partial charge in [0.1, 0.15) is 5.75 Å². The molecule has 1 atom stereocenters. The van der Waals surface area contributed by atoms with E-state index in [1.165, 1.54) is 6.92 Å². The Hall–Kier alpha value is -3.15. The highest BCUT2D eigenvalue weighted by Crippen LogP contribution is 2.24. The summed E-state index contributed by atoms with van der Waals surface area (Å²) in [5.74, 6) is 0.454. The summed E-state index contributed by atoms with van der Waals surface area (Å²) in [6.07, 6.45) is 1.56. The molecule has 3 rings (SSSR count). The molecule has 1 saturated heterocycles. The molecule has 0 bridgehead atoms. The summed E-state index contributed by atoms with van der Waals surface area (Å²) in [6, 6.07) is 13.8. The van der Waals surface area contributed by atoms with E-state index in [0.717, 1.165) is 12.8 Å². The van der Waals surface area contributed by atoms with Crippen molar-refractivity contribution in [3.8, 4) is 5.75 Å². The fourth-order valence-electron chi connectivity index (χ4n) is 3.60. The van der Waals surface area contributed by atoms with E-state index in [1.807, 2.05) is 26.0 Å². The van der Waals surface area contributed by atoms with Gasteiger partial charge in [-0.25, -0.2) is 4.79 Å². The molecule has 2 amide bonds. The van der Waals surface area contributed by atoms with Crippen molar-refractivity contribution in [2.75, 3.05) is 18.4 Å². The van der Waals surface area contributed by atoms with E-state index in [2.05, 4.69) is 5.32 Å². The standard InChI is InChI=1S/C24H28N2O4/c1-16(2)30-22-8-4-6-19(14-22)23(28)20-7-5-13-26(15-20)24(29)25-21-11-9-18(10-12-21)17(3)27/h4,6,8-12,14,16,20H,5,7,13,15H2,1-3H3,(H,25,29)/t20-/m0/s1. The van der Waals surface area contributed by atoms with Gasteiger partial charge in [-0.3, -0.25) is 9.59 Å². The first-order chi connectivity index (χ1) is 14.3. The molecule has 2 aromatic rings. The molecule has 1 aliphatic rings. The molecule has 0 aromatic heterocycles. The van der Waals surface area contributed by atoms with Gasteiger partial charge in [-0.1, -0.05) is 12.1 Å². The first-order valence-electron chi connectivity index (χ1n) is 10.3. The minimum absolute atomic E-state index is 0.0203. The molecular weight excluding hydrogens is 380 g/mol. The van der Waals surface area contributed by atoms with Crippen LogP contribution in [-0.4, -0.2) is 41.7 Å². The van der Waals surface area contributed by atoms with Crippen LogP contribution in [0.25, 0.3) is 0 Å². The van der Waals surface area contributed by atoms with Crippen LogP contribution in [0.3, 0.4) is 0 Å². The second kappa shape index (κ2) is 9.57. The van der Waals surface area contributed by atoms with Crippen LogP contribution in [-0.2, 0) is 0 Å². The molecule has 0 radical (unpaired) electrons. The Labute approximate surface area is 177 Å². The second-order valence-corrected chi connectivity index (χ2v) is 7.91. The third-order valence-electron chi connectivity index (χ3n) is 5.11. The van der Waals surface area contributed by atoms with Crippen molar-refractivity contribution >= 4 is 23.3 Å². The number of likely N-dealkylation sites (tertiary alicyclic amines) is 1. The van der Waals surface area contributed by atoms with Crippen molar-refractivity contribution in [3.05, 3.63) is 59.7 Å². The zero-order chi connectivity index (χ0) is 21.7. The summed E-state index contributed by atoms with van der Waals surface area (Å²) >= 11 is 0. The van der Waals surface area contributed by atoms with Crippen LogP contribution in [0, 0.1) is 5.92 Å². The van der Waals surface area contributed by atoms with Gasteiger partial charge < -0.3 is 15.0 Å². The summed E-state index contributed by atoms with van der Waals surface area (Å²) in [4.78, 5) is 38.8. The Morgan fingerprint density at radius 2 is 1.80 bits per heavy atom. The molecule has 6 nitrogen and oxygen atoms in total. The fourth-order valence-corrected chi connectivity index (χ4v) is 3.60. The van der Waals surface area contributed by atoms with Gasteiger partial charge in [0.15, 0.2) is 11.6 Å². The van der Waals surface area contributed by atoms with Crippen molar-refractivity contribution in [1.29, 1.82) is 0 Å². The maximum atomic E-state index is 13.0. The summed E-state index contributed by atoms with van der Waals surface area (Å²) in [6.45, 7) is 6.38. The molecule has 1 heterocycles. The lowest BCUT2D eigenvalue weighted by molar-refractivity contribution is 0.0850. The molecule has 6 heteroatoms. The number of carbonyl (C=O) groups is 3. The molecule has 1 aliphatic heterocycles. The fraction of sp³-hybridized carbons (Fsp3) is 0.375. The molecule has 2 aromatic carbocycles. The highest BCUT2D eigenvalue weighted by atomic mass is 16.5. The van der Waals surface area contributed by atoms with E-state index in [-0.39, 0.29) is 29.6 Å². The number of hydrogen-bond donors (Lipinski definition) is 1. The number of hydrogen-bond acceptors (Lipinski definition) is 4. The average molecular weight is 408 g/mol. The van der Waals surface area contributed by atoms with Crippen molar-refractivity contribution in [2.24, 2.45) is 5.92 Å². The largest absolute Gasteiger partial charge is 0.491 e. The summed E-state index contributed by atoms with van der Waals surface area (Å²) in [7, 11) is 0. The monoisotopic (exact) mass is 408 g/mol. The number of nitrogens with zero attached hydrogens (tertiary/aromatic N) is 1. The lowest BCUT2D eigenvalue weighted by atomic mass is 9.90. The molecule has 0 saturated carbocycles. The second-order valence-electron chi connectivity index (χ2n) is 7.91. The van der Waals surface area contributed by atoms with Gasteiger partial charge in [-0.15, -0.1) is 0 Å². The predicted molar refractivity (Wildman–Crippen MR) is 116 cm³/mol. The van der Waals surface area contributed by atoms with E-state index in [4.69, 9.17) is 4.74 Å². The van der Waals surface area contributed by atoms with Crippen LogP contribution in [0.4, 0.5) is 10.5 Å². The first kappa shape index (κ1) is 21.6. The van der Waals surface area contributed by atoms with E-state index in [0.29, 0.717) is 35.7 Å². The van der Waals surface area contributed by atoms with Gasteiger partial charge in [0.25, 0.3) is 0 Å². The zero-order valence-electron chi connectivity index (χ0n) is 17.7. The van der Waals surface area contributed by atoms with Crippen LogP contribution in [0.1, 0.15) is 54.3 Å². The van der Waals surface area contributed by atoms with Gasteiger partial charge in [0.2, 0.25) is 0 Å². The Balaban J connectivity index is 1.63. The number of urea groups is 1. The van der Waals surface area contributed by atoms with Crippen LogP contribution >= 0.6 is 0 Å². The average Bonchev–Trinajstić information content (AvgIpc) is 2.73. The lowest BCUT2D eigenvalue weighted by Crippen LogP contribution is -2.44. The highest BCUT2D eigenvalue weighted by Gasteiger charge is 2.29. The topological polar surface area (TPSA) is 75.7 Å². The minimum Gasteiger partial charge on any atom is -0.491 e. The molecular formula is C24H28N2O4. The number of ketones is 2. The maximum absolute atomic E-state index is 13.0. The van der Waals surface area contributed by atoms with Crippen molar-refractivity contribution in [2.45, 2.75) is 39.7 Å². The number of piperidine rings is 1. The third-order valence-corrected chi connectivity index (χ3v) is 5.11. The van der Waals surface area contributed by atoms with Gasteiger partial charge in [0.05, 0.1) is 6.10 Å². The van der Waals surface area contributed by atoms with Crippen LogP contribution in [0.15, 0.2) is 48.5 Å².